The van der Waals surface area contributed by atoms with Crippen molar-refractivity contribution in [1.29, 1.82) is 0 Å². The number of hydrogen-bond donors (Lipinski definition) is 1. The lowest BCUT2D eigenvalue weighted by Crippen LogP contribution is -2.13. The van der Waals surface area contributed by atoms with E-state index in [1.807, 2.05) is 51.1 Å². The molecule has 0 saturated carbocycles. The van der Waals surface area contributed by atoms with Gasteiger partial charge in [0.05, 0.1) is 16.9 Å². The van der Waals surface area contributed by atoms with E-state index in [2.05, 4.69) is 4.98 Å². The number of benzene rings is 2. The maximum Gasteiger partial charge on any atom is 0.198 e. The highest BCUT2D eigenvalue weighted by atomic mass is 19.1. The molecule has 1 N–H and O–H groups in total. The van der Waals surface area contributed by atoms with E-state index in [0.29, 0.717) is 5.65 Å². The van der Waals surface area contributed by atoms with E-state index in [1.54, 1.807) is 10.7 Å². The number of hydrogen-bond acceptors (Lipinski definition) is 4. The summed E-state index contributed by atoms with van der Waals surface area (Å²) in [6.07, 6.45) is 1.43. The van der Waals surface area contributed by atoms with Crippen LogP contribution in [0.1, 0.15) is 42.4 Å². The second-order valence-electron chi connectivity index (χ2n) is 7.93. The van der Waals surface area contributed by atoms with Crippen molar-refractivity contribution >= 4 is 16.8 Å². The van der Waals surface area contributed by atoms with Crippen LogP contribution in [0.3, 0.4) is 0 Å². The molecule has 0 fully saturated rings. The first-order valence-electron chi connectivity index (χ1n) is 9.23. The van der Waals surface area contributed by atoms with Crippen molar-refractivity contribution < 1.29 is 14.3 Å². The molecular weight excluding hydrogens is 369 g/mol. The third kappa shape index (κ3) is 3.38. The molecule has 2 aromatic heterocycles. The van der Waals surface area contributed by atoms with Crippen molar-refractivity contribution in [3.63, 3.8) is 0 Å². The Labute approximate surface area is 167 Å². The standard InChI is InChI=1S/C23H20FN3O2/c1-23(2,3)21-18-11-14(20(29)17-12-15(24)9-10-19(17)28)13-25-22(18)27(26-21)16-7-5-4-6-8-16/h4-13,28H,1-3H3. The Morgan fingerprint density at radius 2 is 1.79 bits per heavy atom. The fourth-order valence-electron chi connectivity index (χ4n) is 3.27. The summed E-state index contributed by atoms with van der Waals surface area (Å²) in [5.74, 6) is -1.36. The van der Waals surface area contributed by atoms with Crippen LogP contribution in [0.15, 0.2) is 60.8 Å². The molecule has 0 saturated heterocycles. The Balaban J connectivity index is 1.91. The summed E-state index contributed by atoms with van der Waals surface area (Å²) in [5.41, 5.74) is 2.16. The molecule has 6 heteroatoms. The van der Waals surface area contributed by atoms with Gasteiger partial charge in [0.1, 0.15) is 11.6 Å². The van der Waals surface area contributed by atoms with Gasteiger partial charge in [-0.15, -0.1) is 0 Å². The van der Waals surface area contributed by atoms with E-state index in [9.17, 15) is 14.3 Å². The summed E-state index contributed by atoms with van der Waals surface area (Å²) in [5, 5.41) is 15.5. The molecule has 0 amide bonds. The van der Waals surface area contributed by atoms with Crippen molar-refractivity contribution in [3.05, 3.63) is 83.4 Å². The van der Waals surface area contributed by atoms with Crippen LogP contribution in [0, 0.1) is 5.82 Å². The van der Waals surface area contributed by atoms with Crippen molar-refractivity contribution in [2.24, 2.45) is 0 Å². The zero-order valence-electron chi connectivity index (χ0n) is 16.3. The van der Waals surface area contributed by atoms with Gasteiger partial charge in [-0.3, -0.25) is 4.79 Å². The number of pyridine rings is 1. The molecule has 5 nitrogen and oxygen atoms in total. The van der Waals surface area contributed by atoms with Crippen LogP contribution in [0.5, 0.6) is 5.75 Å². The van der Waals surface area contributed by atoms with Crippen molar-refractivity contribution in [2.75, 3.05) is 0 Å². The minimum absolute atomic E-state index is 0.0982. The van der Waals surface area contributed by atoms with E-state index < -0.39 is 11.6 Å². The molecule has 0 aliphatic rings. The molecule has 146 valence electrons. The Kier molecular flexibility index (Phi) is 4.42. The maximum atomic E-state index is 13.6. The normalized spacial score (nSPS) is 11.7. The Morgan fingerprint density at radius 1 is 1.07 bits per heavy atom. The Morgan fingerprint density at radius 3 is 2.48 bits per heavy atom. The number of halogens is 1. The number of fused-ring (bicyclic) bond motifs is 1. The second kappa shape index (κ2) is 6.81. The first-order chi connectivity index (χ1) is 13.8. The van der Waals surface area contributed by atoms with Crippen LogP contribution in [0.4, 0.5) is 4.39 Å². The number of ketones is 1. The number of rotatable bonds is 3. The number of para-hydroxylation sites is 1. The van der Waals surface area contributed by atoms with Gasteiger partial charge in [-0.25, -0.2) is 14.1 Å². The molecular formula is C23H20FN3O2. The number of nitrogens with zero attached hydrogens (tertiary/aromatic N) is 3. The molecule has 4 rings (SSSR count). The van der Waals surface area contributed by atoms with Crippen molar-refractivity contribution in [3.8, 4) is 11.4 Å². The van der Waals surface area contributed by atoms with Gasteiger partial charge in [0.15, 0.2) is 11.4 Å². The smallest absolute Gasteiger partial charge is 0.198 e. The molecule has 29 heavy (non-hydrogen) atoms. The molecule has 0 aliphatic carbocycles. The van der Waals surface area contributed by atoms with E-state index in [4.69, 9.17) is 5.10 Å². The molecule has 0 spiro atoms. The Bertz CT molecular complexity index is 1220. The first kappa shape index (κ1) is 18.8. The molecule has 0 unspecified atom stereocenters. The predicted octanol–water partition coefficient (Wildman–Crippen LogP) is 4.79. The van der Waals surface area contributed by atoms with Gasteiger partial charge < -0.3 is 5.11 Å². The van der Waals surface area contributed by atoms with Gasteiger partial charge in [-0.1, -0.05) is 39.0 Å². The average Bonchev–Trinajstić information content (AvgIpc) is 3.09. The lowest BCUT2D eigenvalue weighted by molar-refractivity contribution is 0.103. The molecule has 0 radical (unpaired) electrons. The van der Waals surface area contributed by atoms with Gasteiger partial charge in [0.25, 0.3) is 0 Å². The highest BCUT2D eigenvalue weighted by Gasteiger charge is 2.25. The average molecular weight is 389 g/mol. The van der Waals surface area contributed by atoms with Crippen molar-refractivity contribution in [2.45, 2.75) is 26.2 Å². The highest BCUT2D eigenvalue weighted by Crippen LogP contribution is 2.31. The lowest BCUT2D eigenvalue weighted by Gasteiger charge is -2.15. The van der Waals surface area contributed by atoms with Gasteiger partial charge in [0.2, 0.25) is 0 Å². The molecule has 2 aromatic carbocycles. The van der Waals surface area contributed by atoms with Crippen LogP contribution >= 0.6 is 0 Å². The van der Waals surface area contributed by atoms with E-state index in [0.717, 1.165) is 28.9 Å². The summed E-state index contributed by atoms with van der Waals surface area (Å²) in [6, 6.07) is 14.7. The number of carbonyl (C=O) groups is 1. The van der Waals surface area contributed by atoms with E-state index in [1.165, 1.54) is 12.3 Å². The summed E-state index contributed by atoms with van der Waals surface area (Å²) in [4.78, 5) is 17.4. The summed E-state index contributed by atoms with van der Waals surface area (Å²) >= 11 is 0. The fourth-order valence-corrected chi connectivity index (χ4v) is 3.27. The van der Waals surface area contributed by atoms with E-state index >= 15 is 0 Å². The number of phenols is 1. The number of phenolic OH excluding ortho intramolecular Hbond substituents is 1. The summed E-state index contributed by atoms with van der Waals surface area (Å²) in [6.45, 7) is 6.12. The SMILES string of the molecule is CC(C)(C)c1nn(-c2ccccc2)c2ncc(C(=O)c3cc(F)ccc3O)cc12. The van der Waals surface area contributed by atoms with Gasteiger partial charge in [-0.2, -0.15) is 5.10 Å². The van der Waals surface area contributed by atoms with Crippen LogP contribution in [0.25, 0.3) is 16.7 Å². The van der Waals surface area contributed by atoms with E-state index in [-0.39, 0.29) is 22.3 Å². The largest absolute Gasteiger partial charge is 0.507 e. The van der Waals surface area contributed by atoms with Gasteiger partial charge in [-0.05, 0) is 36.4 Å². The maximum absolute atomic E-state index is 13.6. The third-order valence-electron chi connectivity index (χ3n) is 4.70. The van der Waals surface area contributed by atoms with Crippen LogP contribution < -0.4 is 0 Å². The van der Waals surface area contributed by atoms with Crippen molar-refractivity contribution in [1.82, 2.24) is 14.8 Å². The van der Waals surface area contributed by atoms with Gasteiger partial charge >= 0.3 is 0 Å². The number of aromatic nitrogens is 3. The molecule has 2 heterocycles. The van der Waals surface area contributed by atoms with Gasteiger partial charge in [0, 0.05) is 22.6 Å². The fraction of sp³-hybridized carbons (Fsp3) is 0.174. The monoisotopic (exact) mass is 389 g/mol. The molecule has 4 aromatic rings. The van der Waals surface area contributed by atoms with Crippen LogP contribution in [-0.4, -0.2) is 25.7 Å². The molecule has 0 aliphatic heterocycles. The van der Waals surface area contributed by atoms with Crippen LogP contribution in [-0.2, 0) is 5.41 Å². The highest BCUT2D eigenvalue weighted by molar-refractivity contribution is 6.11. The zero-order chi connectivity index (χ0) is 20.8. The minimum Gasteiger partial charge on any atom is -0.507 e. The zero-order valence-corrected chi connectivity index (χ0v) is 16.3. The topological polar surface area (TPSA) is 68.0 Å². The summed E-state index contributed by atoms with van der Waals surface area (Å²) < 4.78 is 15.3. The minimum atomic E-state index is -0.590. The number of aromatic hydroxyl groups is 1. The predicted molar refractivity (Wildman–Crippen MR) is 109 cm³/mol. The Hall–Kier alpha value is -3.54. The molecule has 0 atom stereocenters. The second-order valence-corrected chi connectivity index (χ2v) is 7.93. The quantitative estimate of drug-likeness (QED) is 0.512. The number of carbonyl (C=O) groups excluding carboxylic acids is 1. The lowest BCUT2D eigenvalue weighted by atomic mass is 9.90. The summed E-state index contributed by atoms with van der Waals surface area (Å²) in [7, 11) is 0. The third-order valence-corrected chi connectivity index (χ3v) is 4.70. The molecule has 0 bridgehead atoms. The first-order valence-corrected chi connectivity index (χ1v) is 9.23. The van der Waals surface area contributed by atoms with Crippen LogP contribution in [0.2, 0.25) is 0 Å².